The molecule has 2 aromatic rings. The highest BCUT2D eigenvalue weighted by atomic mass is 79.9. The van der Waals surface area contributed by atoms with E-state index in [9.17, 15) is 12.8 Å². The molecule has 2 rings (SSSR count). The number of hydrogen-bond donors (Lipinski definition) is 1. The summed E-state index contributed by atoms with van der Waals surface area (Å²) in [6.07, 6.45) is 0. The predicted molar refractivity (Wildman–Crippen MR) is 80.8 cm³/mol. The van der Waals surface area contributed by atoms with Crippen molar-refractivity contribution in [1.82, 2.24) is 0 Å². The lowest BCUT2D eigenvalue weighted by Crippen LogP contribution is -2.15. The first-order valence-electron chi connectivity index (χ1n) is 5.85. The lowest BCUT2D eigenvalue weighted by atomic mass is 10.2. The molecule has 0 amide bonds. The van der Waals surface area contributed by atoms with Crippen LogP contribution in [0.25, 0.3) is 0 Å². The van der Waals surface area contributed by atoms with Gasteiger partial charge in [-0.3, -0.25) is 4.72 Å². The summed E-state index contributed by atoms with van der Waals surface area (Å²) >= 11 is 3.26. The van der Waals surface area contributed by atoms with E-state index in [1.807, 2.05) is 0 Å². The number of anilines is 1. The highest BCUT2D eigenvalue weighted by Crippen LogP contribution is 2.24. The molecule has 0 saturated carbocycles. The average Bonchev–Trinajstić information content (AvgIpc) is 2.35. The number of hydrogen-bond acceptors (Lipinski definition) is 2. The van der Waals surface area contributed by atoms with Crippen LogP contribution in [-0.4, -0.2) is 8.42 Å². The number of sulfonamides is 1. The van der Waals surface area contributed by atoms with E-state index in [-0.39, 0.29) is 4.90 Å². The normalized spacial score (nSPS) is 11.4. The molecule has 0 aliphatic rings. The van der Waals surface area contributed by atoms with Crippen LogP contribution in [0.5, 0.6) is 0 Å². The molecule has 0 aromatic heterocycles. The Bertz CT molecular complexity index is 760. The maximum Gasteiger partial charge on any atom is 0.262 e. The minimum Gasteiger partial charge on any atom is -0.279 e. The van der Waals surface area contributed by atoms with Gasteiger partial charge in [0.15, 0.2) is 0 Å². The maximum absolute atomic E-state index is 13.0. The summed E-state index contributed by atoms with van der Waals surface area (Å²) in [6, 6.07) is 8.95. The molecule has 0 aliphatic heterocycles. The van der Waals surface area contributed by atoms with E-state index in [0.717, 1.165) is 0 Å². The standard InChI is InChI=1S/C14H13BrFNO2S/c1-9-3-4-11(15)8-14(9)20(18,19)17-13-6-5-12(16)7-10(13)2/h3-8,17H,1-2H3. The molecule has 0 unspecified atom stereocenters. The Balaban J connectivity index is 2.43. The Hall–Kier alpha value is -1.40. The highest BCUT2D eigenvalue weighted by molar-refractivity contribution is 9.10. The quantitative estimate of drug-likeness (QED) is 0.901. The van der Waals surface area contributed by atoms with Crippen LogP contribution in [0.2, 0.25) is 0 Å². The molecule has 6 heteroatoms. The smallest absolute Gasteiger partial charge is 0.262 e. The topological polar surface area (TPSA) is 46.2 Å². The molecule has 0 saturated heterocycles. The van der Waals surface area contributed by atoms with Crippen LogP contribution < -0.4 is 4.72 Å². The molecular formula is C14H13BrFNO2S. The van der Waals surface area contributed by atoms with Crippen molar-refractivity contribution in [1.29, 1.82) is 0 Å². The zero-order valence-electron chi connectivity index (χ0n) is 10.9. The molecule has 20 heavy (non-hydrogen) atoms. The van der Waals surface area contributed by atoms with Crippen LogP contribution in [0, 0.1) is 19.7 Å². The second-order valence-electron chi connectivity index (χ2n) is 4.47. The third kappa shape index (κ3) is 3.19. The largest absolute Gasteiger partial charge is 0.279 e. The van der Waals surface area contributed by atoms with E-state index >= 15 is 0 Å². The SMILES string of the molecule is Cc1cc(F)ccc1NS(=O)(=O)c1cc(Br)ccc1C. The van der Waals surface area contributed by atoms with Gasteiger partial charge < -0.3 is 0 Å². The van der Waals surface area contributed by atoms with Crippen LogP contribution in [-0.2, 0) is 10.0 Å². The van der Waals surface area contributed by atoms with Gasteiger partial charge in [-0.1, -0.05) is 22.0 Å². The van der Waals surface area contributed by atoms with Crippen molar-refractivity contribution in [3.8, 4) is 0 Å². The van der Waals surface area contributed by atoms with E-state index in [1.165, 1.54) is 24.3 Å². The second-order valence-corrected chi connectivity index (χ2v) is 7.04. The van der Waals surface area contributed by atoms with Crippen LogP contribution in [0.1, 0.15) is 11.1 Å². The fourth-order valence-corrected chi connectivity index (χ4v) is 3.72. The maximum atomic E-state index is 13.0. The van der Waals surface area contributed by atoms with Gasteiger partial charge in [0.2, 0.25) is 0 Å². The van der Waals surface area contributed by atoms with Crippen LogP contribution in [0.4, 0.5) is 10.1 Å². The van der Waals surface area contributed by atoms with E-state index < -0.39 is 15.8 Å². The Kier molecular flexibility index (Phi) is 4.15. The number of benzene rings is 2. The first-order valence-corrected chi connectivity index (χ1v) is 8.12. The molecule has 0 radical (unpaired) electrons. The molecule has 0 spiro atoms. The molecular weight excluding hydrogens is 345 g/mol. The molecule has 0 aliphatic carbocycles. The molecule has 1 N–H and O–H groups in total. The van der Waals surface area contributed by atoms with Gasteiger partial charge in [0, 0.05) is 4.47 Å². The number of halogens is 2. The lowest BCUT2D eigenvalue weighted by Gasteiger charge is -2.12. The summed E-state index contributed by atoms with van der Waals surface area (Å²) in [6.45, 7) is 3.37. The van der Waals surface area contributed by atoms with Gasteiger partial charge in [0.05, 0.1) is 10.6 Å². The van der Waals surface area contributed by atoms with Gasteiger partial charge in [-0.05, 0) is 55.3 Å². The highest BCUT2D eigenvalue weighted by Gasteiger charge is 2.18. The summed E-state index contributed by atoms with van der Waals surface area (Å²) in [5.74, 6) is -0.399. The first-order chi connectivity index (χ1) is 9.29. The molecule has 0 fully saturated rings. The van der Waals surface area contributed by atoms with Crippen molar-refractivity contribution >= 4 is 31.6 Å². The molecule has 0 bridgehead atoms. The van der Waals surface area contributed by atoms with Gasteiger partial charge in [-0.2, -0.15) is 0 Å². The van der Waals surface area contributed by atoms with Crippen molar-refractivity contribution in [2.75, 3.05) is 4.72 Å². The Morgan fingerprint density at radius 3 is 2.40 bits per heavy atom. The Morgan fingerprint density at radius 1 is 1.05 bits per heavy atom. The fraction of sp³-hybridized carbons (Fsp3) is 0.143. The van der Waals surface area contributed by atoms with Crippen LogP contribution in [0.3, 0.4) is 0 Å². The zero-order chi connectivity index (χ0) is 14.9. The fourth-order valence-electron chi connectivity index (χ4n) is 1.80. The minimum atomic E-state index is -3.70. The number of nitrogens with one attached hydrogen (secondary N) is 1. The monoisotopic (exact) mass is 357 g/mol. The Labute approximate surface area is 126 Å². The number of aryl methyl sites for hydroxylation is 2. The second kappa shape index (κ2) is 5.54. The van der Waals surface area contributed by atoms with Crippen molar-refractivity contribution < 1.29 is 12.8 Å². The third-order valence-corrected chi connectivity index (χ3v) is 4.87. The summed E-state index contributed by atoms with van der Waals surface area (Å²) in [5, 5.41) is 0. The molecule has 2 aromatic carbocycles. The molecule has 3 nitrogen and oxygen atoms in total. The van der Waals surface area contributed by atoms with E-state index in [4.69, 9.17) is 0 Å². The average molecular weight is 358 g/mol. The summed E-state index contributed by atoms with van der Waals surface area (Å²) in [4.78, 5) is 0.190. The lowest BCUT2D eigenvalue weighted by molar-refractivity contribution is 0.600. The summed E-state index contributed by atoms with van der Waals surface area (Å²) in [7, 11) is -3.70. The van der Waals surface area contributed by atoms with E-state index in [1.54, 1.807) is 26.0 Å². The third-order valence-electron chi connectivity index (χ3n) is 2.87. The van der Waals surface area contributed by atoms with Crippen LogP contribution in [0.15, 0.2) is 45.8 Å². The minimum absolute atomic E-state index is 0.190. The van der Waals surface area contributed by atoms with Gasteiger partial charge in [-0.25, -0.2) is 12.8 Å². The molecule has 106 valence electrons. The summed E-state index contributed by atoms with van der Waals surface area (Å²) < 4.78 is 41.0. The predicted octanol–water partition coefficient (Wildman–Crippen LogP) is 4.01. The Morgan fingerprint density at radius 2 is 1.75 bits per heavy atom. The van der Waals surface area contributed by atoms with Crippen LogP contribution >= 0.6 is 15.9 Å². The van der Waals surface area contributed by atoms with Crippen molar-refractivity contribution in [3.05, 3.63) is 57.8 Å². The zero-order valence-corrected chi connectivity index (χ0v) is 13.3. The van der Waals surface area contributed by atoms with E-state index in [2.05, 4.69) is 20.7 Å². The first kappa shape index (κ1) is 15.0. The van der Waals surface area contributed by atoms with Gasteiger partial charge in [-0.15, -0.1) is 0 Å². The van der Waals surface area contributed by atoms with E-state index in [0.29, 0.717) is 21.3 Å². The summed E-state index contributed by atoms with van der Waals surface area (Å²) in [5.41, 5.74) is 1.53. The number of rotatable bonds is 3. The van der Waals surface area contributed by atoms with Gasteiger partial charge in [0.1, 0.15) is 5.82 Å². The van der Waals surface area contributed by atoms with Crippen molar-refractivity contribution in [2.45, 2.75) is 18.7 Å². The van der Waals surface area contributed by atoms with Crippen molar-refractivity contribution in [3.63, 3.8) is 0 Å². The van der Waals surface area contributed by atoms with Gasteiger partial charge >= 0.3 is 0 Å². The molecule has 0 heterocycles. The molecule has 0 atom stereocenters. The van der Waals surface area contributed by atoms with Gasteiger partial charge in [0.25, 0.3) is 10.0 Å². The van der Waals surface area contributed by atoms with Crippen molar-refractivity contribution in [2.24, 2.45) is 0 Å².